The monoisotopic (exact) mass is 522 g/mol. The van der Waals surface area contributed by atoms with Crippen molar-refractivity contribution in [2.75, 3.05) is 6.54 Å². The average molecular weight is 523 g/mol. The number of hydrogen-bond donors (Lipinski definition) is 3. The lowest BCUT2D eigenvalue weighted by Crippen LogP contribution is -2.39. The summed E-state index contributed by atoms with van der Waals surface area (Å²) in [5.41, 5.74) is 3.54. The molecule has 1 aliphatic heterocycles. The lowest BCUT2D eigenvalue weighted by Gasteiger charge is -2.23. The van der Waals surface area contributed by atoms with Crippen LogP contribution in [-0.2, 0) is 20.4 Å². The Morgan fingerprint density at radius 1 is 1.16 bits per heavy atom. The fraction of sp³-hybridized carbons (Fsp3) is 0.423. The van der Waals surface area contributed by atoms with Crippen LogP contribution in [0.2, 0.25) is 0 Å². The number of H-pyrrole nitrogens is 1. The lowest BCUT2D eigenvalue weighted by atomic mass is 9.97. The fourth-order valence-electron chi connectivity index (χ4n) is 5.33. The molecular formula is C26H30N6O4S. The molecule has 4 aromatic rings. The molecule has 2 aliphatic rings. The number of benzene rings is 1. The van der Waals surface area contributed by atoms with Crippen molar-refractivity contribution < 1.29 is 18.3 Å². The Morgan fingerprint density at radius 3 is 2.54 bits per heavy atom. The van der Waals surface area contributed by atoms with E-state index in [4.69, 9.17) is 4.98 Å². The summed E-state index contributed by atoms with van der Waals surface area (Å²) in [6.45, 7) is 5.13. The Morgan fingerprint density at radius 2 is 1.89 bits per heavy atom. The van der Waals surface area contributed by atoms with Crippen LogP contribution in [0.5, 0.6) is 0 Å². The van der Waals surface area contributed by atoms with Gasteiger partial charge in [-0.2, -0.15) is 4.31 Å². The Kier molecular flexibility index (Phi) is 5.45. The topological polar surface area (TPSA) is 133 Å². The van der Waals surface area contributed by atoms with E-state index in [0.29, 0.717) is 36.4 Å². The number of hydrogen-bond acceptors (Lipinski definition) is 6. The van der Waals surface area contributed by atoms with Gasteiger partial charge >= 0.3 is 0 Å². The fourth-order valence-corrected chi connectivity index (χ4v) is 7.37. The second-order valence-electron chi connectivity index (χ2n) is 10.6. The molecule has 194 valence electrons. The van der Waals surface area contributed by atoms with Crippen LogP contribution in [-0.4, -0.2) is 60.9 Å². The summed E-state index contributed by atoms with van der Waals surface area (Å²) < 4.78 is 30.5. The van der Waals surface area contributed by atoms with Crippen molar-refractivity contribution >= 4 is 32.6 Å². The molecule has 6 rings (SSSR count). The van der Waals surface area contributed by atoms with Crippen LogP contribution in [0.25, 0.3) is 27.9 Å². The normalized spacial score (nSPS) is 21.2. The van der Waals surface area contributed by atoms with Gasteiger partial charge in [0.1, 0.15) is 5.82 Å². The summed E-state index contributed by atoms with van der Waals surface area (Å²) in [5.74, 6) is 0.410. The predicted molar refractivity (Wildman–Crippen MR) is 139 cm³/mol. The van der Waals surface area contributed by atoms with Crippen molar-refractivity contribution in [1.82, 2.24) is 29.0 Å². The summed E-state index contributed by atoms with van der Waals surface area (Å²) >= 11 is 0. The maximum atomic E-state index is 13.5. The highest BCUT2D eigenvalue weighted by Gasteiger charge is 2.49. The molecule has 10 nitrogen and oxygen atoms in total. The highest BCUT2D eigenvalue weighted by Crippen LogP contribution is 2.42. The van der Waals surface area contributed by atoms with Gasteiger partial charge in [0, 0.05) is 31.3 Å². The van der Waals surface area contributed by atoms with Gasteiger partial charge in [0.25, 0.3) is 0 Å². The molecule has 0 spiro atoms. The standard InChI is InChI=1S/C26H30N6O4S/c1-15(33)29-18-12-21(31(14-18)37(35,36)19-8-9-19)25-30-23(16-4-6-17(7-5-16)26(2,3)34)22-13-28-24-20(32(22)25)10-11-27-24/h4-7,10-11,13,18-19,21,27,34H,8-9,12,14H2,1-3H3,(H,29,33). The Labute approximate surface area is 214 Å². The van der Waals surface area contributed by atoms with Crippen molar-refractivity contribution in [2.24, 2.45) is 0 Å². The first kappa shape index (κ1) is 24.1. The molecule has 1 saturated carbocycles. The number of amides is 1. The number of aromatic nitrogens is 4. The molecule has 11 heteroatoms. The number of aliphatic hydroxyl groups is 1. The van der Waals surface area contributed by atoms with E-state index >= 15 is 0 Å². The smallest absolute Gasteiger partial charge is 0.217 e. The van der Waals surface area contributed by atoms with Crippen molar-refractivity contribution in [3.63, 3.8) is 0 Å². The van der Waals surface area contributed by atoms with Gasteiger partial charge in [-0.1, -0.05) is 24.3 Å². The van der Waals surface area contributed by atoms with Crippen molar-refractivity contribution in [3.05, 3.63) is 54.1 Å². The summed E-state index contributed by atoms with van der Waals surface area (Å²) in [6.07, 6.45) is 5.28. The zero-order chi connectivity index (χ0) is 26.1. The first-order chi connectivity index (χ1) is 17.5. The molecule has 3 aromatic heterocycles. The summed E-state index contributed by atoms with van der Waals surface area (Å²) in [4.78, 5) is 24.6. The second kappa shape index (κ2) is 8.37. The molecule has 3 N–H and O–H groups in total. The number of rotatable bonds is 6. The third-order valence-corrected chi connectivity index (χ3v) is 9.67. The Balaban J connectivity index is 1.53. The van der Waals surface area contributed by atoms with Gasteiger partial charge in [-0.15, -0.1) is 0 Å². The van der Waals surface area contributed by atoms with Gasteiger partial charge in [0.15, 0.2) is 5.65 Å². The van der Waals surface area contributed by atoms with Crippen LogP contribution in [0.15, 0.2) is 42.7 Å². The molecule has 1 amide bonds. The summed E-state index contributed by atoms with van der Waals surface area (Å²) in [7, 11) is -3.54. The highest BCUT2D eigenvalue weighted by atomic mass is 32.2. The van der Waals surface area contributed by atoms with E-state index in [-0.39, 0.29) is 23.7 Å². The van der Waals surface area contributed by atoms with Crippen molar-refractivity contribution in [1.29, 1.82) is 0 Å². The molecule has 0 bridgehead atoms. The van der Waals surface area contributed by atoms with Crippen LogP contribution >= 0.6 is 0 Å². The number of sulfonamides is 1. The molecule has 1 saturated heterocycles. The molecule has 1 aromatic carbocycles. The van der Waals surface area contributed by atoms with Gasteiger partial charge in [-0.05, 0) is 44.7 Å². The van der Waals surface area contributed by atoms with E-state index in [9.17, 15) is 18.3 Å². The number of carbonyl (C=O) groups excluding carboxylic acids is 1. The first-order valence-corrected chi connectivity index (χ1v) is 14.0. The van der Waals surface area contributed by atoms with E-state index in [1.54, 1.807) is 30.5 Å². The third-order valence-electron chi connectivity index (χ3n) is 7.30. The largest absolute Gasteiger partial charge is 0.386 e. The minimum Gasteiger partial charge on any atom is -0.386 e. The number of fused-ring (bicyclic) bond motifs is 3. The number of carbonyl (C=O) groups is 1. The number of nitrogens with zero attached hydrogens (tertiary/aromatic N) is 4. The highest BCUT2D eigenvalue weighted by molar-refractivity contribution is 7.90. The van der Waals surface area contributed by atoms with E-state index in [1.807, 2.05) is 34.7 Å². The van der Waals surface area contributed by atoms with Gasteiger partial charge in [0.05, 0.1) is 39.8 Å². The van der Waals surface area contributed by atoms with Crippen LogP contribution in [0.4, 0.5) is 0 Å². The number of nitrogens with one attached hydrogen (secondary N) is 2. The molecule has 1 aliphatic carbocycles. The van der Waals surface area contributed by atoms with Crippen molar-refractivity contribution in [3.8, 4) is 11.3 Å². The maximum absolute atomic E-state index is 13.5. The Bertz CT molecular complexity index is 1610. The van der Waals surface area contributed by atoms with Crippen LogP contribution in [0.1, 0.15) is 57.5 Å². The minimum atomic E-state index is -3.54. The second-order valence-corrected chi connectivity index (χ2v) is 12.8. The third kappa shape index (κ3) is 4.11. The Hall–Kier alpha value is -3.28. The lowest BCUT2D eigenvalue weighted by molar-refractivity contribution is -0.119. The summed E-state index contributed by atoms with van der Waals surface area (Å²) in [5, 5.41) is 12.9. The molecule has 0 radical (unpaired) electrons. The van der Waals surface area contributed by atoms with Gasteiger partial charge in [-0.3, -0.25) is 9.20 Å². The molecule has 2 fully saturated rings. The quantitative estimate of drug-likeness (QED) is 0.357. The average Bonchev–Trinajstić information content (AvgIpc) is 3.28. The predicted octanol–water partition coefficient (Wildman–Crippen LogP) is 2.85. The number of imidazole rings is 1. The first-order valence-electron chi connectivity index (χ1n) is 12.5. The van der Waals surface area contributed by atoms with Gasteiger partial charge in [-0.25, -0.2) is 18.4 Å². The van der Waals surface area contributed by atoms with Crippen LogP contribution < -0.4 is 5.32 Å². The van der Waals surface area contributed by atoms with Gasteiger partial charge in [0.2, 0.25) is 15.9 Å². The van der Waals surface area contributed by atoms with Crippen LogP contribution in [0, 0.1) is 0 Å². The van der Waals surface area contributed by atoms with E-state index in [1.165, 1.54) is 6.92 Å². The molecule has 4 heterocycles. The van der Waals surface area contributed by atoms with E-state index in [0.717, 1.165) is 22.2 Å². The number of aromatic amines is 1. The maximum Gasteiger partial charge on any atom is 0.217 e. The molecule has 2 atom stereocenters. The van der Waals surface area contributed by atoms with Crippen LogP contribution in [0.3, 0.4) is 0 Å². The van der Waals surface area contributed by atoms with E-state index in [2.05, 4.69) is 15.3 Å². The SMILES string of the molecule is CC(=O)NC1CC(c2nc(-c3ccc(C(C)(C)O)cc3)c3cnc4[nH]ccc4n23)N(S(=O)(=O)C2CC2)C1. The minimum absolute atomic E-state index is 0.188. The zero-order valence-corrected chi connectivity index (χ0v) is 21.8. The van der Waals surface area contributed by atoms with Gasteiger partial charge < -0.3 is 15.4 Å². The molecule has 2 unspecified atom stereocenters. The van der Waals surface area contributed by atoms with Crippen molar-refractivity contribution in [2.45, 2.75) is 63.0 Å². The summed E-state index contributed by atoms with van der Waals surface area (Å²) in [6, 6.07) is 8.62. The van der Waals surface area contributed by atoms with E-state index < -0.39 is 21.7 Å². The molecule has 37 heavy (non-hydrogen) atoms. The zero-order valence-electron chi connectivity index (χ0n) is 21.0. The molecular weight excluding hydrogens is 492 g/mol.